The SMILES string of the molecule is COCc1cccc(CNc2nc3ccc(Br)cn3n2)c1. The molecule has 3 rings (SSSR count). The highest BCUT2D eigenvalue weighted by molar-refractivity contribution is 9.10. The molecule has 0 atom stereocenters. The van der Waals surface area contributed by atoms with E-state index >= 15 is 0 Å². The zero-order valence-electron chi connectivity index (χ0n) is 11.6. The Balaban J connectivity index is 1.72. The van der Waals surface area contributed by atoms with Gasteiger partial charge >= 0.3 is 0 Å². The Bertz CT molecular complexity index is 756. The van der Waals surface area contributed by atoms with Crippen LogP contribution in [0.15, 0.2) is 47.1 Å². The summed E-state index contributed by atoms with van der Waals surface area (Å²) >= 11 is 3.42. The van der Waals surface area contributed by atoms with Crippen LogP contribution in [-0.4, -0.2) is 21.7 Å². The maximum atomic E-state index is 5.14. The molecule has 1 aromatic carbocycles. The second-order valence-corrected chi connectivity index (χ2v) is 5.61. The summed E-state index contributed by atoms with van der Waals surface area (Å²) in [5, 5.41) is 7.63. The second kappa shape index (κ2) is 6.24. The van der Waals surface area contributed by atoms with Crippen molar-refractivity contribution in [1.29, 1.82) is 0 Å². The number of nitrogens with zero attached hydrogens (tertiary/aromatic N) is 3. The number of aromatic nitrogens is 3. The van der Waals surface area contributed by atoms with Crippen LogP contribution in [0.2, 0.25) is 0 Å². The van der Waals surface area contributed by atoms with Crippen molar-refractivity contribution in [2.24, 2.45) is 0 Å². The number of nitrogens with one attached hydrogen (secondary N) is 1. The maximum absolute atomic E-state index is 5.14. The van der Waals surface area contributed by atoms with Gasteiger partial charge in [0, 0.05) is 24.3 Å². The Morgan fingerprint density at radius 2 is 2.10 bits per heavy atom. The van der Waals surface area contributed by atoms with Gasteiger partial charge in [0.2, 0.25) is 5.95 Å². The molecule has 0 unspecified atom stereocenters. The maximum Gasteiger partial charge on any atom is 0.243 e. The van der Waals surface area contributed by atoms with Gasteiger partial charge < -0.3 is 10.1 Å². The van der Waals surface area contributed by atoms with Gasteiger partial charge in [-0.15, -0.1) is 5.10 Å². The Hall–Kier alpha value is -1.92. The minimum Gasteiger partial charge on any atom is -0.380 e. The van der Waals surface area contributed by atoms with Crippen LogP contribution >= 0.6 is 15.9 Å². The minimum atomic E-state index is 0.616. The number of benzene rings is 1. The number of pyridine rings is 1. The molecular weight excluding hydrogens is 332 g/mol. The predicted octanol–water partition coefficient (Wildman–Crippen LogP) is 3.25. The number of halogens is 1. The summed E-state index contributed by atoms with van der Waals surface area (Å²) in [6.45, 7) is 1.30. The quantitative estimate of drug-likeness (QED) is 0.770. The molecule has 0 bridgehead atoms. The summed E-state index contributed by atoms with van der Waals surface area (Å²) in [5.41, 5.74) is 3.14. The average Bonchev–Trinajstić information content (AvgIpc) is 2.88. The zero-order valence-corrected chi connectivity index (χ0v) is 13.2. The van der Waals surface area contributed by atoms with E-state index in [1.165, 1.54) is 5.56 Å². The molecule has 0 radical (unpaired) electrons. The standard InChI is InChI=1S/C15H15BrN4O/c1-21-10-12-4-2-3-11(7-12)8-17-15-18-14-6-5-13(16)9-20(14)19-15/h2-7,9H,8,10H2,1H3,(H,17,19). The van der Waals surface area contributed by atoms with Crippen LogP contribution in [0.3, 0.4) is 0 Å². The van der Waals surface area contributed by atoms with Crippen molar-refractivity contribution in [3.05, 3.63) is 58.2 Å². The summed E-state index contributed by atoms with van der Waals surface area (Å²) < 4.78 is 7.86. The Kier molecular flexibility index (Phi) is 4.17. The lowest BCUT2D eigenvalue weighted by Gasteiger charge is -2.05. The molecule has 0 amide bonds. The molecule has 0 spiro atoms. The molecule has 6 heteroatoms. The van der Waals surface area contributed by atoms with Crippen molar-refractivity contribution in [3.63, 3.8) is 0 Å². The number of ether oxygens (including phenoxy) is 1. The van der Waals surface area contributed by atoms with Gasteiger partial charge in [-0.1, -0.05) is 24.3 Å². The van der Waals surface area contributed by atoms with E-state index in [0.29, 0.717) is 19.1 Å². The Morgan fingerprint density at radius 3 is 2.95 bits per heavy atom. The van der Waals surface area contributed by atoms with Crippen LogP contribution < -0.4 is 5.32 Å². The highest BCUT2D eigenvalue weighted by Crippen LogP contribution is 2.13. The van der Waals surface area contributed by atoms with Crippen LogP contribution in [0.25, 0.3) is 5.65 Å². The van der Waals surface area contributed by atoms with Crippen molar-refractivity contribution < 1.29 is 4.74 Å². The summed E-state index contributed by atoms with van der Waals surface area (Å²) in [6.07, 6.45) is 1.88. The van der Waals surface area contributed by atoms with E-state index in [9.17, 15) is 0 Å². The third kappa shape index (κ3) is 3.40. The summed E-state index contributed by atoms with van der Waals surface area (Å²) in [4.78, 5) is 4.42. The smallest absolute Gasteiger partial charge is 0.243 e. The van der Waals surface area contributed by atoms with Crippen LogP contribution in [0, 0.1) is 0 Å². The van der Waals surface area contributed by atoms with E-state index in [4.69, 9.17) is 4.74 Å². The number of anilines is 1. The minimum absolute atomic E-state index is 0.616. The molecule has 5 nitrogen and oxygen atoms in total. The predicted molar refractivity (Wildman–Crippen MR) is 85.2 cm³/mol. The molecule has 0 aliphatic rings. The first-order valence-electron chi connectivity index (χ1n) is 6.57. The van der Waals surface area contributed by atoms with Gasteiger partial charge in [-0.05, 0) is 39.2 Å². The number of hydrogen-bond donors (Lipinski definition) is 1. The topological polar surface area (TPSA) is 51.5 Å². The fourth-order valence-electron chi connectivity index (χ4n) is 2.11. The van der Waals surface area contributed by atoms with Crippen molar-refractivity contribution in [2.75, 3.05) is 12.4 Å². The van der Waals surface area contributed by atoms with Gasteiger partial charge in [-0.3, -0.25) is 0 Å². The molecule has 0 aliphatic heterocycles. The number of methoxy groups -OCH3 is 1. The number of fused-ring (bicyclic) bond motifs is 1. The normalized spacial score (nSPS) is 11.0. The molecule has 0 saturated carbocycles. The van der Waals surface area contributed by atoms with Gasteiger partial charge in [0.15, 0.2) is 5.65 Å². The van der Waals surface area contributed by atoms with Crippen LogP contribution in [-0.2, 0) is 17.9 Å². The van der Waals surface area contributed by atoms with E-state index in [0.717, 1.165) is 15.7 Å². The fraction of sp³-hybridized carbons (Fsp3) is 0.200. The third-order valence-corrected chi connectivity index (χ3v) is 3.52. The lowest BCUT2D eigenvalue weighted by atomic mass is 10.1. The molecular formula is C15H15BrN4O. The van der Waals surface area contributed by atoms with Crippen molar-refractivity contribution in [1.82, 2.24) is 14.6 Å². The summed E-state index contributed by atoms with van der Waals surface area (Å²) in [6, 6.07) is 12.1. The molecule has 0 fully saturated rings. The van der Waals surface area contributed by atoms with Gasteiger partial charge in [0.1, 0.15) is 0 Å². The largest absolute Gasteiger partial charge is 0.380 e. The first kappa shape index (κ1) is 14.0. The van der Waals surface area contributed by atoms with E-state index in [-0.39, 0.29) is 0 Å². The van der Waals surface area contributed by atoms with Crippen LogP contribution in [0.5, 0.6) is 0 Å². The lowest BCUT2D eigenvalue weighted by Crippen LogP contribution is -2.02. The Morgan fingerprint density at radius 1 is 1.24 bits per heavy atom. The Labute approximate surface area is 131 Å². The van der Waals surface area contributed by atoms with Crippen molar-refractivity contribution in [2.45, 2.75) is 13.2 Å². The summed E-state index contributed by atoms with van der Waals surface area (Å²) in [5.74, 6) is 0.616. The molecule has 3 aromatic rings. The second-order valence-electron chi connectivity index (χ2n) is 4.69. The van der Waals surface area contributed by atoms with E-state index < -0.39 is 0 Å². The first-order chi connectivity index (χ1) is 10.2. The van der Waals surface area contributed by atoms with Gasteiger partial charge in [0.25, 0.3) is 0 Å². The molecule has 0 aliphatic carbocycles. The molecule has 1 N–H and O–H groups in total. The monoisotopic (exact) mass is 346 g/mol. The molecule has 21 heavy (non-hydrogen) atoms. The number of hydrogen-bond acceptors (Lipinski definition) is 4. The first-order valence-corrected chi connectivity index (χ1v) is 7.36. The number of rotatable bonds is 5. The van der Waals surface area contributed by atoms with Crippen LogP contribution in [0.1, 0.15) is 11.1 Å². The highest BCUT2D eigenvalue weighted by Gasteiger charge is 2.03. The molecule has 0 saturated heterocycles. The van der Waals surface area contributed by atoms with Crippen LogP contribution in [0.4, 0.5) is 5.95 Å². The van der Waals surface area contributed by atoms with Crippen molar-refractivity contribution >= 4 is 27.5 Å². The zero-order chi connectivity index (χ0) is 14.7. The van der Waals surface area contributed by atoms with E-state index in [1.54, 1.807) is 11.6 Å². The molecule has 2 heterocycles. The summed E-state index contributed by atoms with van der Waals surface area (Å²) in [7, 11) is 1.70. The average molecular weight is 347 g/mol. The van der Waals surface area contributed by atoms with E-state index in [1.807, 2.05) is 30.5 Å². The van der Waals surface area contributed by atoms with E-state index in [2.05, 4.69) is 43.5 Å². The highest BCUT2D eigenvalue weighted by atomic mass is 79.9. The third-order valence-electron chi connectivity index (χ3n) is 3.05. The van der Waals surface area contributed by atoms with Gasteiger partial charge in [-0.2, -0.15) is 4.98 Å². The molecule has 108 valence electrons. The van der Waals surface area contributed by atoms with Crippen molar-refractivity contribution in [3.8, 4) is 0 Å². The fourth-order valence-corrected chi connectivity index (χ4v) is 2.44. The molecule has 2 aromatic heterocycles. The van der Waals surface area contributed by atoms with Gasteiger partial charge in [-0.25, -0.2) is 4.52 Å². The van der Waals surface area contributed by atoms with Gasteiger partial charge in [0.05, 0.1) is 6.61 Å². The lowest BCUT2D eigenvalue weighted by molar-refractivity contribution is 0.185.